The lowest BCUT2D eigenvalue weighted by Gasteiger charge is -2.21. The number of nitrogens with one attached hydrogen (secondary N) is 2. The van der Waals surface area contributed by atoms with Crippen LogP contribution in [0.5, 0.6) is 0 Å². The third kappa shape index (κ3) is 4.96. The molecule has 0 saturated heterocycles. The highest BCUT2D eigenvalue weighted by atomic mass is 35.5. The van der Waals surface area contributed by atoms with E-state index in [9.17, 15) is 4.79 Å². The summed E-state index contributed by atoms with van der Waals surface area (Å²) >= 11 is 12.3. The smallest absolute Gasteiger partial charge is 0.271 e. The monoisotopic (exact) mass is 410 g/mol. The van der Waals surface area contributed by atoms with Crippen LogP contribution in [0.4, 0.5) is 11.5 Å². The fourth-order valence-corrected chi connectivity index (χ4v) is 3.67. The third-order valence-corrected chi connectivity index (χ3v) is 5.20. The standard InChI is InChI=1S/C20H28Cl2N4O/c1-5-8-9-14(6-2)26-17(7-3)25-19(18(26)20(27)23-4)24-16-11-10-13(21)12-15(16)22/h10-12,14,24H,5-9H2,1-4H3,(H,23,27). The van der Waals surface area contributed by atoms with Gasteiger partial charge in [0.15, 0.2) is 11.5 Å². The van der Waals surface area contributed by atoms with E-state index < -0.39 is 0 Å². The van der Waals surface area contributed by atoms with Crippen LogP contribution in [-0.4, -0.2) is 22.5 Å². The summed E-state index contributed by atoms with van der Waals surface area (Å²) in [5.74, 6) is 1.25. The first-order valence-corrected chi connectivity index (χ1v) is 10.3. The number of benzene rings is 1. The van der Waals surface area contributed by atoms with E-state index in [0.29, 0.717) is 27.2 Å². The molecule has 148 valence electrons. The minimum Gasteiger partial charge on any atom is -0.354 e. The molecule has 0 saturated carbocycles. The lowest BCUT2D eigenvalue weighted by Crippen LogP contribution is -2.25. The fourth-order valence-electron chi connectivity index (χ4n) is 3.22. The highest BCUT2D eigenvalue weighted by molar-refractivity contribution is 6.36. The summed E-state index contributed by atoms with van der Waals surface area (Å²) in [5, 5.41) is 7.02. The van der Waals surface area contributed by atoms with Crippen LogP contribution in [-0.2, 0) is 6.42 Å². The summed E-state index contributed by atoms with van der Waals surface area (Å²) < 4.78 is 2.10. The first-order chi connectivity index (χ1) is 13.0. The molecule has 2 N–H and O–H groups in total. The minimum absolute atomic E-state index is 0.162. The number of rotatable bonds is 9. The maximum atomic E-state index is 12.7. The molecule has 1 unspecified atom stereocenters. The average Bonchev–Trinajstić information content (AvgIpc) is 3.02. The SMILES string of the molecule is CCCCC(CC)n1c(CC)nc(Nc2ccc(Cl)cc2Cl)c1C(=O)NC. The lowest BCUT2D eigenvalue weighted by atomic mass is 10.1. The van der Waals surface area contributed by atoms with E-state index >= 15 is 0 Å². The Kier molecular flexibility index (Phi) is 7.99. The number of nitrogens with zero attached hydrogens (tertiary/aromatic N) is 2. The molecule has 0 spiro atoms. The molecule has 27 heavy (non-hydrogen) atoms. The average molecular weight is 411 g/mol. The summed E-state index contributed by atoms with van der Waals surface area (Å²) in [5.41, 5.74) is 1.21. The number of carbonyl (C=O) groups is 1. The van der Waals surface area contributed by atoms with Crippen molar-refractivity contribution in [2.45, 2.75) is 58.9 Å². The molecule has 0 radical (unpaired) electrons. The van der Waals surface area contributed by atoms with Crippen LogP contribution in [0, 0.1) is 0 Å². The van der Waals surface area contributed by atoms with E-state index in [2.05, 4.69) is 36.0 Å². The van der Waals surface area contributed by atoms with Crippen molar-refractivity contribution in [2.24, 2.45) is 0 Å². The van der Waals surface area contributed by atoms with Gasteiger partial charge >= 0.3 is 0 Å². The number of hydrogen-bond donors (Lipinski definition) is 2. The Morgan fingerprint density at radius 3 is 2.56 bits per heavy atom. The van der Waals surface area contributed by atoms with E-state index in [1.165, 1.54) is 0 Å². The van der Waals surface area contributed by atoms with Crippen LogP contribution >= 0.6 is 23.2 Å². The molecule has 0 fully saturated rings. The Hall–Kier alpha value is -1.72. The van der Waals surface area contributed by atoms with Gasteiger partial charge in [0.1, 0.15) is 5.82 Å². The Labute approximate surface area is 171 Å². The van der Waals surface area contributed by atoms with Crippen molar-refractivity contribution in [3.63, 3.8) is 0 Å². The zero-order valence-corrected chi connectivity index (χ0v) is 17.9. The van der Waals surface area contributed by atoms with E-state index in [1.54, 1.807) is 25.2 Å². The molecule has 0 bridgehead atoms. The topological polar surface area (TPSA) is 59.0 Å². The molecule has 1 amide bonds. The molecule has 0 aliphatic rings. The van der Waals surface area contributed by atoms with E-state index in [1.807, 2.05) is 0 Å². The van der Waals surface area contributed by atoms with Gasteiger partial charge < -0.3 is 15.2 Å². The van der Waals surface area contributed by atoms with Crippen LogP contribution in [0.25, 0.3) is 0 Å². The fraction of sp³-hybridized carbons (Fsp3) is 0.500. The normalized spacial score (nSPS) is 12.1. The van der Waals surface area contributed by atoms with Crippen molar-refractivity contribution < 1.29 is 4.79 Å². The van der Waals surface area contributed by atoms with Crippen molar-refractivity contribution in [1.82, 2.24) is 14.9 Å². The second-order valence-electron chi connectivity index (χ2n) is 6.48. The summed E-state index contributed by atoms with van der Waals surface area (Å²) in [4.78, 5) is 17.5. The molecule has 2 rings (SSSR count). The van der Waals surface area contributed by atoms with Gasteiger partial charge in [0.05, 0.1) is 10.7 Å². The van der Waals surface area contributed by atoms with Crippen LogP contribution in [0.3, 0.4) is 0 Å². The summed E-state index contributed by atoms with van der Waals surface area (Å²) in [6, 6.07) is 5.44. The first-order valence-electron chi connectivity index (χ1n) is 9.51. The van der Waals surface area contributed by atoms with Gasteiger partial charge in [-0.1, -0.05) is 56.8 Å². The van der Waals surface area contributed by atoms with Crippen LogP contribution in [0.1, 0.15) is 68.8 Å². The zero-order valence-electron chi connectivity index (χ0n) is 16.4. The van der Waals surface area contributed by atoms with E-state index in [-0.39, 0.29) is 11.9 Å². The molecule has 0 aliphatic carbocycles. The second kappa shape index (κ2) is 10.00. The number of amides is 1. The minimum atomic E-state index is -0.162. The number of imidazole rings is 1. The Bertz CT molecular complexity index is 789. The lowest BCUT2D eigenvalue weighted by molar-refractivity contribution is 0.0951. The molecule has 2 aromatic rings. The molecule has 1 aromatic carbocycles. The maximum Gasteiger partial charge on any atom is 0.271 e. The second-order valence-corrected chi connectivity index (χ2v) is 7.33. The molecule has 7 heteroatoms. The predicted octanol–water partition coefficient (Wildman–Crippen LogP) is 6.00. The molecule has 1 aromatic heterocycles. The maximum absolute atomic E-state index is 12.7. The molecular formula is C20H28Cl2N4O. The summed E-state index contributed by atoms with van der Waals surface area (Å²) in [7, 11) is 1.64. The van der Waals surface area contributed by atoms with Gasteiger partial charge in [0, 0.05) is 24.5 Å². The van der Waals surface area contributed by atoms with Crippen molar-refractivity contribution in [3.05, 3.63) is 39.8 Å². The predicted molar refractivity (Wildman–Crippen MR) is 114 cm³/mol. The number of anilines is 2. The number of aromatic nitrogens is 2. The van der Waals surface area contributed by atoms with Gasteiger partial charge in [0.25, 0.3) is 5.91 Å². The van der Waals surface area contributed by atoms with E-state index in [0.717, 1.165) is 37.9 Å². The number of halogens is 2. The van der Waals surface area contributed by atoms with Gasteiger partial charge in [-0.3, -0.25) is 4.79 Å². The van der Waals surface area contributed by atoms with Gasteiger partial charge in [-0.25, -0.2) is 4.98 Å². The highest BCUT2D eigenvalue weighted by Gasteiger charge is 2.26. The first kappa shape index (κ1) is 21.6. The number of aryl methyl sites for hydroxylation is 1. The number of hydrogen-bond acceptors (Lipinski definition) is 3. The highest BCUT2D eigenvalue weighted by Crippen LogP contribution is 2.32. The van der Waals surface area contributed by atoms with Crippen molar-refractivity contribution in [2.75, 3.05) is 12.4 Å². The molecular weight excluding hydrogens is 383 g/mol. The van der Waals surface area contributed by atoms with Crippen LogP contribution in [0.2, 0.25) is 10.0 Å². The third-order valence-electron chi connectivity index (χ3n) is 4.65. The Morgan fingerprint density at radius 2 is 2.00 bits per heavy atom. The van der Waals surface area contributed by atoms with E-state index in [4.69, 9.17) is 28.2 Å². The van der Waals surface area contributed by atoms with Gasteiger partial charge in [-0.2, -0.15) is 0 Å². The van der Waals surface area contributed by atoms with Crippen LogP contribution < -0.4 is 10.6 Å². The van der Waals surface area contributed by atoms with Gasteiger partial charge in [-0.05, 0) is 31.0 Å². The van der Waals surface area contributed by atoms with Crippen molar-refractivity contribution >= 4 is 40.6 Å². The van der Waals surface area contributed by atoms with Crippen LogP contribution in [0.15, 0.2) is 18.2 Å². The molecule has 1 heterocycles. The Balaban J connectivity index is 2.55. The number of unbranched alkanes of at least 4 members (excludes halogenated alkanes) is 1. The molecule has 5 nitrogen and oxygen atoms in total. The van der Waals surface area contributed by atoms with Crippen molar-refractivity contribution in [1.29, 1.82) is 0 Å². The molecule has 0 aliphatic heterocycles. The number of carbonyl (C=O) groups excluding carboxylic acids is 1. The molecule has 1 atom stereocenters. The largest absolute Gasteiger partial charge is 0.354 e. The van der Waals surface area contributed by atoms with Crippen molar-refractivity contribution in [3.8, 4) is 0 Å². The summed E-state index contributed by atoms with van der Waals surface area (Å²) in [6.07, 6.45) is 4.92. The zero-order chi connectivity index (χ0) is 20.0. The van der Waals surface area contributed by atoms with Gasteiger partial charge in [0.2, 0.25) is 0 Å². The van der Waals surface area contributed by atoms with Gasteiger partial charge in [-0.15, -0.1) is 0 Å². The Morgan fingerprint density at radius 1 is 1.26 bits per heavy atom. The quantitative estimate of drug-likeness (QED) is 0.532. The summed E-state index contributed by atoms with van der Waals surface area (Å²) in [6.45, 7) is 6.38.